The van der Waals surface area contributed by atoms with Gasteiger partial charge in [-0.2, -0.15) is 0 Å². The van der Waals surface area contributed by atoms with E-state index in [2.05, 4.69) is 10.3 Å². The number of carboxylic acid groups (broad SMARTS) is 1. The molecule has 1 aliphatic rings. The summed E-state index contributed by atoms with van der Waals surface area (Å²) in [7, 11) is 0. The van der Waals surface area contributed by atoms with E-state index in [1.807, 2.05) is 45.0 Å². The summed E-state index contributed by atoms with van der Waals surface area (Å²) in [5.41, 5.74) is 2.00. The molecule has 1 aromatic carbocycles. The Hall–Kier alpha value is -2.70. The summed E-state index contributed by atoms with van der Waals surface area (Å²) in [5.74, 6) is -1.16. The molecule has 1 atom stereocenters. The number of aromatic nitrogens is 3. The van der Waals surface area contributed by atoms with Crippen molar-refractivity contribution in [1.82, 2.24) is 19.9 Å². The molecule has 3 rings (SSSR count). The maximum atomic E-state index is 12.9. The number of carbonyl (C=O) groups is 2. The second-order valence-corrected chi connectivity index (χ2v) is 7.36. The first-order valence-corrected chi connectivity index (χ1v) is 8.78. The third-order valence-corrected chi connectivity index (χ3v) is 5.49. The van der Waals surface area contributed by atoms with Gasteiger partial charge >= 0.3 is 5.97 Å². The molecule has 7 heteroatoms. The molecule has 0 saturated carbocycles. The van der Waals surface area contributed by atoms with E-state index in [4.69, 9.17) is 0 Å². The number of hydrogen-bond donors (Lipinski definition) is 1. The molecule has 26 heavy (non-hydrogen) atoms. The minimum absolute atomic E-state index is 0.0536. The summed E-state index contributed by atoms with van der Waals surface area (Å²) >= 11 is 0. The maximum Gasteiger partial charge on any atom is 0.311 e. The molecule has 138 valence electrons. The van der Waals surface area contributed by atoms with Crippen molar-refractivity contribution in [2.24, 2.45) is 11.3 Å². The largest absolute Gasteiger partial charge is 0.481 e. The molecular weight excluding hydrogens is 332 g/mol. The maximum absolute atomic E-state index is 12.9. The van der Waals surface area contributed by atoms with Crippen molar-refractivity contribution >= 4 is 11.9 Å². The second kappa shape index (κ2) is 6.55. The van der Waals surface area contributed by atoms with E-state index in [1.54, 1.807) is 16.5 Å². The molecule has 1 aliphatic heterocycles. The number of carbonyl (C=O) groups excluding carboxylic acids is 1. The van der Waals surface area contributed by atoms with Gasteiger partial charge in [0.15, 0.2) is 5.69 Å². The van der Waals surface area contributed by atoms with Crippen LogP contribution in [0.5, 0.6) is 0 Å². The Morgan fingerprint density at radius 2 is 1.85 bits per heavy atom. The highest BCUT2D eigenvalue weighted by atomic mass is 16.4. The molecule has 1 N–H and O–H groups in total. The van der Waals surface area contributed by atoms with Gasteiger partial charge in [-0.3, -0.25) is 9.59 Å². The van der Waals surface area contributed by atoms with E-state index in [9.17, 15) is 14.7 Å². The predicted octanol–water partition coefficient (Wildman–Crippen LogP) is 2.46. The van der Waals surface area contributed by atoms with Gasteiger partial charge in [-0.25, -0.2) is 4.68 Å². The molecule has 1 aromatic heterocycles. The zero-order valence-corrected chi connectivity index (χ0v) is 15.6. The molecule has 7 nitrogen and oxygen atoms in total. The molecule has 0 radical (unpaired) electrons. The van der Waals surface area contributed by atoms with E-state index in [0.29, 0.717) is 18.7 Å². The first kappa shape index (κ1) is 18.1. The van der Waals surface area contributed by atoms with Gasteiger partial charge in [0.1, 0.15) is 0 Å². The fraction of sp³-hybridized carbons (Fsp3) is 0.474. The van der Waals surface area contributed by atoms with Crippen molar-refractivity contribution in [2.45, 2.75) is 34.1 Å². The van der Waals surface area contributed by atoms with Crippen LogP contribution in [0.25, 0.3) is 5.69 Å². The zero-order valence-electron chi connectivity index (χ0n) is 15.6. The van der Waals surface area contributed by atoms with Crippen LogP contribution in [-0.4, -0.2) is 50.0 Å². The third-order valence-electron chi connectivity index (χ3n) is 5.49. The van der Waals surface area contributed by atoms with Crippen LogP contribution in [0.4, 0.5) is 0 Å². The highest BCUT2D eigenvalue weighted by molar-refractivity contribution is 5.94. The lowest BCUT2D eigenvalue weighted by Gasteiger charge is -2.28. The quantitative estimate of drug-likeness (QED) is 0.909. The summed E-state index contributed by atoms with van der Waals surface area (Å²) < 4.78 is 1.63. The zero-order chi connectivity index (χ0) is 19.1. The SMILES string of the molecule is Cc1ccc(-n2nnc(C(=O)N3CCC(C(=O)O)(C(C)C)C3)c2C)cc1. The van der Waals surface area contributed by atoms with E-state index in [1.165, 1.54) is 0 Å². The summed E-state index contributed by atoms with van der Waals surface area (Å²) in [6.45, 7) is 8.21. The normalized spacial score (nSPS) is 20.0. The lowest BCUT2D eigenvalue weighted by Crippen LogP contribution is -2.40. The Morgan fingerprint density at radius 1 is 1.19 bits per heavy atom. The minimum Gasteiger partial charge on any atom is -0.481 e. The molecule has 0 bridgehead atoms. The van der Waals surface area contributed by atoms with Crippen LogP contribution in [0, 0.1) is 25.2 Å². The Labute approximate surface area is 152 Å². The Bertz CT molecular complexity index is 841. The average Bonchev–Trinajstić information content (AvgIpc) is 3.20. The van der Waals surface area contributed by atoms with E-state index in [-0.39, 0.29) is 24.1 Å². The van der Waals surface area contributed by atoms with Gasteiger partial charge in [-0.1, -0.05) is 36.8 Å². The molecule has 0 aliphatic carbocycles. The van der Waals surface area contributed by atoms with Crippen molar-refractivity contribution in [3.05, 3.63) is 41.2 Å². The summed E-state index contributed by atoms with van der Waals surface area (Å²) in [6, 6.07) is 7.80. The van der Waals surface area contributed by atoms with Crippen LogP contribution >= 0.6 is 0 Å². The van der Waals surface area contributed by atoms with Gasteiger partial charge < -0.3 is 10.0 Å². The third kappa shape index (κ3) is 2.87. The van der Waals surface area contributed by atoms with Crippen LogP contribution in [0.1, 0.15) is 42.0 Å². The molecule has 1 saturated heterocycles. The monoisotopic (exact) mass is 356 g/mol. The molecule has 0 spiro atoms. The van der Waals surface area contributed by atoms with E-state index >= 15 is 0 Å². The number of rotatable bonds is 4. The van der Waals surface area contributed by atoms with Gasteiger partial charge in [-0.15, -0.1) is 5.10 Å². The fourth-order valence-corrected chi connectivity index (χ4v) is 3.51. The Kier molecular flexibility index (Phi) is 4.56. The van der Waals surface area contributed by atoms with Gasteiger partial charge in [0, 0.05) is 13.1 Å². The summed E-state index contributed by atoms with van der Waals surface area (Å²) in [6.07, 6.45) is 0.455. The second-order valence-electron chi connectivity index (χ2n) is 7.36. The fourth-order valence-electron chi connectivity index (χ4n) is 3.51. The van der Waals surface area contributed by atoms with Crippen molar-refractivity contribution < 1.29 is 14.7 Å². The number of aliphatic carboxylic acids is 1. The number of nitrogens with zero attached hydrogens (tertiary/aromatic N) is 4. The van der Waals surface area contributed by atoms with E-state index in [0.717, 1.165) is 11.3 Å². The highest BCUT2D eigenvalue weighted by Gasteiger charge is 2.49. The van der Waals surface area contributed by atoms with Crippen LogP contribution in [-0.2, 0) is 4.79 Å². The van der Waals surface area contributed by atoms with Crippen LogP contribution < -0.4 is 0 Å². The molecule has 2 heterocycles. The Morgan fingerprint density at radius 3 is 2.38 bits per heavy atom. The van der Waals surface area contributed by atoms with Crippen molar-refractivity contribution in [1.29, 1.82) is 0 Å². The molecule has 2 aromatic rings. The minimum atomic E-state index is -0.892. The van der Waals surface area contributed by atoms with Crippen LogP contribution in [0.3, 0.4) is 0 Å². The summed E-state index contributed by atoms with van der Waals surface area (Å²) in [4.78, 5) is 26.3. The number of likely N-dealkylation sites (tertiary alicyclic amines) is 1. The number of hydrogen-bond acceptors (Lipinski definition) is 4. The molecule has 1 unspecified atom stereocenters. The first-order valence-electron chi connectivity index (χ1n) is 8.78. The Balaban J connectivity index is 1.86. The van der Waals surface area contributed by atoms with Gasteiger partial charge in [0.2, 0.25) is 0 Å². The number of amides is 1. The number of benzene rings is 1. The smallest absolute Gasteiger partial charge is 0.311 e. The van der Waals surface area contributed by atoms with Crippen LogP contribution in [0.2, 0.25) is 0 Å². The van der Waals surface area contributed by atoms with Gasteiger partial charge in [0.05, 0.1) is 16.8 Å². The predicted molar refractivity (Wildman–Crippen MR) is 96.3 cm³/mol. The van der Waals surface area contributed by atoms with Gasteiger partial charge in [0.25, 0.3) is 5.91 Å². The van der Waals surface area contributed by atoms with Crippen molar-refractivity contribution in [2.75, 3.05) is 13.1 Å². The standard InChI is InChI=1S/C19H24N4O3/c1-12(2)19(18(25)26)9-10-22(11-19)17(24)16-14(4)23(21-20-16)15-7-5-13(3)6-8-15/h5-8,12H,9-11H2,1-4H3,(H,25,26). The highest BCUT2D eigenvalue weighted by Crippen LogP contribution is 2.38. The lowest BCUT2D eigenvalue weighted by atomic mass is 9.76. The van der Waals surface area contributed by atoms with E-state index < -0.39 is 11.4 Å². The van der Waals surface area contributed by atoms with Crippen molar-refractivity contribution in [3.63, 3.8) is 0 Å². The summed E-state index contributed by atoms with van der Waals surface area (Å²) in [5, 5.41) is 17.9. The first-order chi connectivity index (χ1) is 12.3. The molecular formula is C19H24N4O3. The molecule has 1 fully saturated rings. The number of aryl methyl sites for hydroxylation is 1. The topological polar surface area (TPSA) is 88.3 Å². The average molecular weight is 356 g/mol. The van der Waals surface area contributed by atoms with Crippen molar-refractivity contribution in [3.8, 4) is 5.69 Å². The molecule has 1 amide bonds. The number of carboxylic acids is 1. The van der Waals surface area contributed by atoms with Gasteiger partial charge in [-0.05, 0) is 38.3 Å². The lowest BCUT2D eigenvalue weighted by molar-refractivity contribution is -0.150. The van der Waals surface area contributed by atoms with Crippen LogP contribution in [0.15, 0.2) is 24.3 Å².